The lowest BCUT2D eigenvalue weighted by Gasteiger charge is -2.37. The second-order valence-corrected chi connectivity index (χ2v) is 4.60. The number of para-hydroxylation sites is 1. The summed E-state index contributed by atoms with van der Waals surface area (Å²) in [4.78, 5) is 0. The van der Waals surface area contributed by atoms with Crippen molar-refractivity contribution in [2.24, 2.45) is 0 Å². The summed E-state index contributed by atoms with van der Waals surface area (Å²) in [6, 6.07) is 7.94. The van der Waals surface area contributed by atoms with Crippen LogP contribution in [-0.2, 0) is 14.2 Å². The van der Waals surface area contributed by atoms with Crippen LogP contribution in [0, 0.1) is 0 Å². The number of fused-ring (bicyclic) bond motifs is 3. The molecule has 0 bridgehead atoms. The minimum absolute atomic E-state index is 0.00213. The molecule has 2 aliphatic rings. The van der Waals surface area contributed by atoms with Crippen molar-refractivity contribution in [3.63, 3.8) is 0 Å². The molecule has 1 aromatic rings. The minimum Gasteiger partial charge on any atom is -0.479 e. The Morgan fingerprint density at radius 2 is 1.94 bits per heavy atom. The van der Waals surface area contributed by atoms with Crippen LogP contribution in [0.2, 0.25) is 0 Å². The van der Waals surface area contributed by atoms with Gasteiger partial charge in [-0.25, -0.2) is 0 Å². The largest absolute Gasteiger partial charge is 0.479 e. The second kappa shape index (κ2) is 3.70. The van der Waals surface area contributed by atoms with Gasteiger partial charge in [0.2, 0.25) is 0 Å². The summed E-state index contributed by atoms with van der Waals surface area (Å²) >= 11 is 0. The van der Waals surface area contributed by atoms with Crippen molar-refractivity contribution in [1.29, 1.82) is 0 Å². The van der Waals surface area contributed by atoms with Crippen molar-refractivity contribution in [1.82, 2.24) is 0 Å². The first kappa shape index (κ1) is 11.0. The van der Waals surface area contributed by atoms with E-state index in [9.17, 15) is 0 Å². The molecule has 0 saturated carbocycles. The Kier molecular flexibility index (Phi) is 2.40. The first-order valence-electron chi connectivity index (χ1n) is 5.69. The average molecular weight is 236 g/mol. The van der Waals surface area contributed by atoms with Gasteiger partial charge in [0.25, 0.3) is 0 Å². The third-order valence-electron chi connectivity index (χ3n) is 3.51. The Balaban J connectivity index is 1.97. The van der Waals surface area contributed by atoms with E-state index in [1.165, 1.54) is 0 Å². The van der Waals surface area contributed by atoms with E-state index in [-0.39, 0.29) is 12.2 Å². The molecule has 3 atom stereocenters. The molecule has 17 heavy (non-hydrogen) atoms. The Labute approximate surface area is 100 Å². The van der Waals surface area contributed by atoms with E-state index in [0.29, 0.717) is 0 Å². The van der Waals surface area contributed by atoms with Crippen LogP contribution in [0.4, 0.5) is 0 Å². The molecule has 2 heterocycles. The smallest absolute Gasteiger partial charge is 0.199 e. The van der Waals surface area contributed by atoms with Crippen LogP contribution in [0.3, 0.4) is 0 Å². The van der Waals surface area contributed by atoms with Gasteiger partial charge in [0, 0.05) is 19.8 Å². The van der Waals surface area contributed by atoms with Gasteiger partial charge in [0.1, 0.15) is 18.0 Å². The molecule has 1 fully saturated rings. The van der Waals surface area contributed by atoms with E-state index in [2.05, 4.69) is 0 Å². The normalized spacial score (nSPS) is 33.9. The summed E-state index contributed by atoms with van der Waals surface area (Å²) in [7, 11) is 3.22. The number of hydrogen-bond acceptors (Lipinski definition) is 4. The van der Waals surface area contributed by atoms with Gasteiger partial charge in [-0.15, -0.1) is 0 Å². The fourth-order valence-electron chi connectivity index (χ4n) is 2.63. The van der Waals surface area contributed by atoms with Crippen molar-refractivity contribution >= 4 is 0 Å². The van der Waals surface area contributed by atoms with Gasteiger partial charge in [-0.1, -0.05) is 18.2 Å². The molecule has 92 valence electrons. The van der Waals surface area contributed by atoms with Crippen LogP contribution in [0.25, 0.3) is 0 Å². The molecule has 0 radical (unpaired) electrons. The number of epoxide rings is 1. The fourth-order valence-corrected chi connectivity index (χ4v) is 2.63. The Morgan fingerprint density at radius 3 is 2.65 bits per heavy atom. The molecule has 3 rings (SSSR count). The highest BCUT2D eigenvalue weighted by atomic mass is 16.7. The number of methoxy groups -OCH3 is 2. The molecule has 4 heteroatoms. The maximum Gasteiger partial charge on any atom is 0.199 e. The molecule has 0 unspecified atom stereocenters. The van der Waals surface area contributed by atoms with Crippen LogP contribution in [-0.4, -0.2) is 32.2 Å². The number of ether oxygens (including phenoxy) is 4. The predicted molar refractivity (Wildman–Crippen MR) is 60.9 cm³/mol. The van der Waals surface area contributed by atoms with Gasteiger partial charge >= 0.3 is 0 Å². The maximum atomic E-state index is 6.04. The molecule has 0 aliphatic carbocycles. The Bertz CT molecular complexity index is 429. The summed E-state index contributed by atoms with van der Waals surface area (Å²) in [5.41, 5.74) is 0.517. The van der Waals surface area contributed by atoms with Crippen LogP contribution in [0.5, 0.6) is 5.75 Å². The summed E-state index contributed by atoms with van der Waals surface area (Å²) in [6.45, 7) is 1.96. The number of hydrogen-bond donors (Lipinski definition) is 0. The van der Waals surface area contributed by atoms with Gasteiger partial charge in [0.15, 0.2) is 11.9 Å². The summed E-state index contributed by atoms with van der Waals surface area (Å²) in [5, 5.41) is 0. The number of rotatable bonds is 3. The topological polar surface area (TPSA) is 40.2 Å². The van der Waals surface area contributed by atoms with Crippen molar-refractivity contribution in [3.8, 4) is 5.75 Å². The molecule has 0 spiro atoms. The highest BCUT2D eigenvalue weighted by molar-refractivity contribution is 5.42. The van der Waals surface area contributed by atoms with Crippen LogP contribution < -0.4 is 4.74 Å². The molecule has 4 nitrogen and oxygen atoms in total. The lowest BCUT2D eigenvalue weighted by molar-refractivity contribution is -0.205. The molecular formula is C13H16O4. The summed E-state index contributed by atoms with van der Waals surface area (Å²) < 4.78 is 22.4. The van der Waals surface area contributed by atoms with E-state index in [1.54, 1.807) is 14.2 Å². The monoisotopic (exact) mass is 236 g/mol. The molecular weight excluding hydrogens is 220 g/mol. The van der Waals surface area contributed by atoms with Crippen molar-refractivity contribution < 1.29 is 18.9 Å². The van der Waals surface area contributed by atoms with Gasteiger partial charge < -0.3 is 18.9 Å². The van der Waals surface area contributed by atoms with Crippen LogP contribution in [0.1, 0.15) is 18.6 Å². The first-order valence-corrected chi connectivity index (χ1v) is 5.69. The quantitative estimate of drug-likeness (QED) is 0.593. The lowest BCUT2D eigenvalue weighted by atomic mass is 9.92. The van der Waals surface area contributed by atoms with Crippen LogP contribution in [0.15, 0.2) is 24.3 Å². The molecule has 1 saturated heterocycles. The fraction of sp³-hybridized carbons (Fsp3) is 0.538. The molecule has 0 N–H and O–H groups in total. The summed E-state index contributed by atoms with van der Waals surface area (Å²) in [5.74, 6) is 0.854. The van der Waals surface area contributed by atoms with Crippen molar-refractivity contribution in [2.45, 2.75) is 31.0 Å². The van der Waals surface area contributed by atoms with Gasteiger partial charge in [-0.2, -0.15) is 0 Å². The van der Waals surface area contributed by atoms with E-state index >= 15 is 0 Å². The zero-order valence-corrected chi connectivity index (χ0v) is 10.2. The molecule has 0 amide bonds. The van der Waals surface area contributed by atoms with E-state index < -0.39 is 11.9 Å². The van der Waals surface area contributed by atoms with Crippen molar-refractivity contribution in [3.05, 3.63) is 29.8 Å². The molecule has 0 aromatic heterocycles. The Morgan fingerprint density at radius 1 is 1.24 bits per heavy atom. The lowest BCUT2D eigenvalue weighted by Crippen LogP contribution is -2.53. The highest BCUT2D eigenvalue weighted by Gasteiger charge is 2.62. The van der Waals surface area contributed by atoms with Crippen molar-refractivity contribution in [2.75, 3.05) is 14.2 Å². The summed E-state index contributed by atoms with van der Waals surface area (Å²) in [6.07, 6.45) is -0.328. The second-order valence-electron chi connectivity index (χ2n) is 4.60. The molecule has 2 aliphatic heterocycles. The minimum atomic E-state index is -0.595. The van der Waals surface area contributed by atoms with Gasteiger partial charge in [-0.3, -0.25) is 0 Å². The van der Waals surface area contributed by atoms with Crippen LogP contribution >= 0.6 is 0 Å². The highest BCUT2D eigenvalue weighted by Crippen LogP contribution is 2.54. The Hall–Kier alpha value is -1.10. The third kappa shape index (κ3) is 1.48. The zero-order valence-electron chi connectivity index (χ0n) is 10.2. The van der Waals surface area contributed by atoms with E-state index in [0.717, 1.165) is 11.3 Å². The van der Waals surface area contributed by atoms with Gasteiger partial charge in [-0.05, 0) is 13.0 Å². The van der Waals surface area contributed by atoms with E-state index in [4.69, 9.17) is 18.9 Å². The average Bonchev–Trinajstić information content (AvgIpc) is 3.12. The molecule has 1 aromatic carbocycles. The third-order valence-corrected chi connectivity index (χ3v) is 3.51. The van der Waals surface area contributed by atoms with Gasteiger partial charge in [0.05, 0.1) is 0 Å². The maximum absolute atomic E-state index is 6.04. The SMILES string of the molecule is COC(OC)[C@@]1(C)Oc2ccccc2[C@H]2O[C@H]21. The number of benzene rings is 1. The standard InChI is InChI=1S/C13H16O4/c1-13(12(14-2)15-3)11-10(16-11)8-6-4-5-7-9(8)17-13/h4-7,10-12H,1-3H3/t10-,11-,13+/m1/s1. The zero-order chi connectivity index (χ0) is 12.0. The first-order chi connectivity index (χ1) is 8.20. The van der Waals surface area contributed by atoms with E-state index in [1.807, 2.05) is 31.2 Å². The predicted octanol–water partition coefficient (Wildman–Crippen LogP) is 1.90.